The number of fused-ring (bicyclic) bond motifs is 5. The minimum atomic E-state index is -1.55. The standard InChI is InChI=1S/C74H117N11O27S3.H3N/c1-51(87)43-111-44-56(88)13-8-20-103-24-28-107-29-25-104-21-9-15-62(90)59-47-113-50-68(96)82-58(14-5-6-16-77-66(94)45-112-46-67(95)79-19-23-106-27-31-109-33-35-110-34-32-108-30-26-105-22-18-78-65(93)42-86)73(102)85-61-49-115-114-48-60(64(92)39-54(71(100)83-59)36-52-10-3-2-4-11-52)84-72(101)55(40-69(97)98)37-57(89)41-81-70(99)53(38-63(61)91)12-7-17-80-74(75)76;/h2-4,10-11,53-55,58-61,86H,5-9,12-50H2,1H3,(H,77,94)(H,78,93)(H,79,95)(H,81,99)(H,82,96)(H,83,100)(H,84,101)(H,85,102)(H,97,98)(H4,75,76,80);1H3/t53-,54-,55+,58+,59+,60+,61+;/m1./s1. The van der Waals surface area contributed by atoms with E-state index >= 15 is 0 Å². The van der Waals surface area contributed by atoms with Crippen LogP contribution in [0.25, 0.3) is 0 Å². The van der Waals surface area contributed by atoms with E-state index in [2.05, 4.69) is 47.5 Å². The SMILES string of the molecule is CC(=O)COCC(=O)CCCOCCOCCOCCCC(=O)[C@@H]1CSCC(=O)N[C@@H](CCCCNC(=O)COCC(=O)NCCOCCOCCOCCOCCOCCNC(=O)CO)C(=O)N[C@H]2CSSC[C@H](NC(=O)[C@H](CC(=O)O)CC(=O)CNC(=O)[C@H](CCCN=C(N)N)CC2=O)C(=O)C[C@@H](Cc2ccccc2)C(=O)N1.N. The Bertz CT molecular complexity index is 3170. The van der Waals surface area contributed by atoms with E-state index in [1.54, 1.807) is 30.3 Å². The van der Waals surface area contributed by atoms with Crippen LogP contribution in [0, 0.1) is 17.8 Å². The Morgan fingerprint density at radius 2 is 1.03 bits per heavy atom. The molecule has 2 saturated heterocycles. The molecular formula is C74H120N12O27S3. The number of carbonyl (C=O) groups is 15. The molecule has 2 aliphatic heterocycles. The van der Waals surface area contributed by atoms with Gasteiger partial charge in [-0.25, -0.2) is 0 Å². The van der Waals surface area contributed by atoms with Crippen molar-refractivity contribution < 1.29 is 129 Å². The number of carbonyl (C=O) groups excluding carboxylic acids is 14. The summed E-state index contributed by atoms with van der Waals surface area (Å²) < 4.78 is 54.3. The summed E-state index contributed by atoms with van der Waals surface area (Å²) in [6, 6.07) is 3.19. The second kappa shape index (κ2) is 66.2. The fraction of sp³-hybridized carbons (Fsp3) is 0.703. The third-order valence-corrected chi connectivity index (χ3v) is 20.2. The molecule has 0 aliphatic carbocycles. The number of thioether (sulfide) groups is 1. The lowest BCUT2D eigenvalue weighted by molar-refractivity contribution is -0.142. The minimum absolute atomic E-state index is 0. The molecule has 656 valence electrons. The lowest BCUT2D eigenvalue weighted by atomic mass is 9.90. The number of amides is 8. The highest BCUT2D eigenvalue weighted by Gasteiger charge is 2.36. The smallest absolute Gasteiger partial charge is 0.304 e. The van der Waals surface area contributed by atoms with Crippen LogP contribution in [0.2, 0.25) is 0 Å². The van der Waals surface area contributed by atoms with Gasteiger partial charge >= 0.3 is 5.97 Å². The van der Waals surface area contributed by atoms with Gasteiger partial charge in [0.05, 0.1) is 135 Å². The Morgan fingerprint density at radius 3 is 1.58 bits per heavy atom. The molecule has 0 aromatic heterocycles. The number of nitrogens with two attached hydrogens (primary N) is 2. The quantitative estimate of drug-likeness (QED) is 0.0143. The summed E-state index contributed by atoms with van der Waals surface area (Å²) in [5, 5.41) is 39.9. The van der Waals surface area contributed by atoms with Crippen LogP contribution in [0.15, 0.2) is 35.3 Å². The van der Waals surface area contributed by atoms with Gasteiger partial charge in [-0.2, -0.15) is 0 Å². The lowest BCUT2D eigenvalue weighted by Crippen LogP contribution is -2.53. The van der Waals surface area contributed by atoms with Crippen LogP contribution in [-0.4, -0.2) is 323 Å². The molecule has 2 bridgehead atoms. The highest BCUT2D eigenvalue weighted by molar-refractivity contribution is 8.76. The third-order valence-electron chi connectivity index (χ3n) is 16.8. The van der Waals surface area contributed by atoms with E-state index in [1.165, 1.54) is 6.92 Å². The van der Waals surface area contributed by atoms with Gasteiger partial charge < -0.3 is 118 Å². The Morgan fingerprint density at radius 1 is 0.517 bits per heavy atom. The van der Waals surface area contributed by atoms with Crippen molar-refractivity contribution in [1.29, 1.82) is 0 Å². The Labute approximate surface area is 687 Å². The van der Waals surface area contributed by atoms with Crippen LogP contribution in [0.3, 0.4) is 0 Å². The van der Waals surface area contributed by atoms with E-state index in [4.69, 9.17) is 63.9 Å². The lowest BCUT2D eigenvalue weighted by Gasteiger charge is -2.26. The number of rotatable bonds is 55. The third kappa shape index (κ3) is 52.9. The molecule has 2 aliphatic rings. The van der Waals surface area contributed by atoms with Crippen molar-refractivity contribution in [2.45, 2.75) is 121 Å². The van der Waals surface area contributed by atoms with E-state index in [-0.39, 0.29) is 197 Å². The number of benzene rings is 1. The summed E-state index contributed by atoms with van der Waals surface area (Å²) >= 11 is 0.951. The minimum Gasteiger partial charge on any atom is -0.481 e. The zero-order valence-electron chi connectivity index (χ0n) is 66.2. The molecule has 7 atom stereocenters. The van der Waals surface area contributed by atoms with Crippen molar-refractivity contribution in [3.63, 3.8) is 0 Å². The van der Waals surface area contributed by atoms with Gasteiger partial charge in [0.25, 0.3) is 0 Å². The molecule has 116 heavy (non-hydrogen) atoms. The maximum atomic E-state index is 14.9. The summed E-state index contributed by atoms with van der Waals surface area (Å²) in [6.45, 7) is 3.74. The van der Waals surface area contributed by atoms with Crippen molar-refractivity contribution in [3.05, 3.63) is 35.9 Å². The number of Topliss-reactive ketones (excluding diaryl/α,β-unsaturated/α-hetero) is 6. The van der Waals surface area contributed by atoms with E-state index in [9.17, 15) is 77.0 Å². The zero-order valence-corrected chi connectivity index (χ0v) is 68.6. The summed E-state index contributed by atoms with van der Waals surface area (Å²) in [5.74, 6) is -15.1. The molecule has 2 heterocycles. The molecule has 17 N–H and O–H groups in total. The molecule has 8 amide bonds. The van der Waals surface area contributed by atoms with E-state index in [0.29, 0.717) is 64.8 Å². The van der Waals surface area contributed by atoms with E-state index in [0.717, 1.165) is 33.3 Å². The number of aliphatic hydroxyl groups is 1. The largest absolute Gasteiger partial charge is 0.481 e. The number of ketones is 6. The highest BCUT2D eigenvalue weighted by atomic mass is 33.1. The van der Waals surface area contributed by atoms with Crippen LogP contribution in [0.1, 0.15) is 96.0 Å². The van der Waals surface area contributed by atoms with Crippen LogP contribution in [0.5, 0.6) is 0 Å². The van der Waals surface area contributed by atoms with Gasteiger partial charge in [0, 0.05) is 101 Å². The molecule has 42 heteroatoms. The number of hydrogen-bond donors (Lipinski definition) is 13. The Balaban J connectivity index is 0.0000456. The number of unbranched alkanes of at least 4 members (excludes halogenated alkanes) is 1. The van der Waals surface area contributed by atoms with Gasteiger partial charge in [-0.3, -0.25) is 76.9 Å². The van der Waals surface area contributed by atoms with Gasteiger partial charge in [0.2, 0.25) is 47.3 Å². The second-order valence-corrected chi connectivity index (χ2v) is 30.1. The van der Waals surface area contributed by atoms with Gasteiger partial charge in [-0.15, -0.1) is 11.8 Å². The normalized spacial score (nSPS) is 19.1. The van der Waals surface area contributed by atoms with Crippen molar-refractivity contribution in [3.8, 4) is 0 Å². The van der Waals surface area contributed by atoms with E-state index < -0.39 is 170 Å². The van der Waals surface area contributed by atoms with Crippen LogP contribution < -0.4 is 60.2 Å². The Hall–Kier alpha value is -7.69. The molecule has 0 unspecified atom stereocenters. The van der Waals surface area contributed by atoms with Gasteiger partial charge in [-0.1, -0.05) is 51.9 Å². The topological polar surface area (TPSA) is 584 Å². The molecule has 3 rings (SSSR count). The summed E-state index contributed by atoms with van der Waals surface area (Å²) in [5.41, 5.74) is 11.7. The molecule has 1 aromatic carbocycles. The van der Waals surface area contributed by atoms with Crippen molar-refractivity contribution in [2.75, 3.05) is 194 Å². The molecule has 1 aromatic rings. The van der Waals surface area contributed by atoms with Crippen LogP contribution in [0.4, 0.5) is 0 Å². The van der Waals surface area contributed by atoms with E-state index in [1.807, 2.05) is 0 Å². The summed E-state index contributed by atoms with van der Waals surface area (Å²) in [4.78, 5) is 205. The van der Waals surface area contributed by atoms with Crippen molar-refractivity contribution in [1.82, 2.24) is 48.7 Å². The molecule has 0 spiro atoms. The number of nitrogens with one attached hydrogen (secondary N) is 8. The zero-order chi connectivity index (χ0) is 84.1. The Kier molecular flexibility index (Phi) is 59.6. The first-order chi connectivity index (χ1) is 55.4. The maximum absolute atomic E-state index is 14.9. The number of aliphatic imine (C=N–C) groups is 1. The monoisotopic (exact) mass is 1700 g/mol. The molecule has 0 radical (unpaired) electrons. The fourth-order valence-electron chi connectivity index (χ4n) is 10.9. The van der Waals surface area contributed by atoms with Crippen LogP contribution >= 0.6 is 33.3 Å². The average Bonchev–Trinajstić information content (AvgIpc) is 0.995. The fourth-order valence-corrected chi connectivity index (χ4v) is 14.2. The molecular weight excluding hydrogens is 1590 g/mol. The predicted octanol–water partition coefficient (Wildman–Crippen LogP) is -2.19. The number of carboxylic acid groups (broad SMARTS) is 1. The number of carboxylic acids is 1. The average molecular weight is 1710 g/mol. The number of aliphatic hydroxyl groups excluding tert-OH is 1. The van der Waals surface area contributed by atoms with Crippen LogP contribution in [-0.2, 0) is 126 Å². The van der Waals surface area contributed by atoms with Gasteiger partial charge in [-0.05, 0) is 63.9 Å². The van der Waals surface area contributed by atoms with Gasteiger partial charge in [0.1, 0.15) is 39.1 Å². The van der Waals surface area contributed by atoms with Crippen molar-refractivity contribution in [2.24, 2.45) is 34.2 Å². The second-order valence-electron chi connectivity index (χ2n) is 26.5. The number of guanidine groups is 1. The number of aliphatic carboxylic acids is 1. The number of hydrogen-bond acceptors (Lipinski definition) is 31. The molecule has 0 saturated carbocycles. The molecule has 39 nitrogen and oxygen atoms in total. The first kappa shape index (κ1) is 104. The first-order valence-electron chi connectivity index (χ1n) is 38.3. The van der Waals surface area contributed by atoms with Gasteiger partial charge in [0.15, 0.2) is 40.7 Å². The van der Waals surface area contributed by atoms with Crippen molar-refractivity contribution >= 4 is 127 Å². The summed E-state index contributed by atoms with van der Waals surface area (Å²) in [7, 11) is 1.98. The summed E-state index contributed by atoms with van der Waals surface area (Å²) in [6.07, 6.45) is -1.33. The number of ether oxygens (including phenoxy) is 10. The predicted molar refractivity (Wildman–Crippen MR) is 427 cm³/mol. The highest BCUT2D eigenvalue weighted by Crippen LogP contribution is 2.27. The number of nitrogens with zero attached hydrogens (tertiary/aromatic N) is 1. The maximum Gasteiger partial charge on any atom is 0.304 e. The first-order valence-corrected chi connectivity index (χ1v) is 42.0. The molecule has 2 fully saturated rings.